The summed E-state index contributed by atoms with van der Waals surface area (Å²) in [6, 6.07) is 19.0. The van der Waals surface area contributed by atoms with Crippen LogP contribution >= 0.6 is 0 Å². The van der Waals surface area contributed by atoms with Gasteiger partial charge in [-0.05, 0) is 61.5 Å². The molecular formula is C22H22O. The molecule has 2 aromatic carbocycles. The van der Waals surface area contributed by atoms with Crippen molar-refractivity contribution in [3.63, 3.8) is 0 Å². The first-order chi connectivity index (χ1) is 11.3. The molecule has 0 saturated heterocycles. The monoisotopic (exact) mass is 302 g/mol. The van der Waals surface area contributed by atoms with Crippen LogP contribution in [0.2, 0.25) is 0 Å². The maximum atomic E-state index is 6.47. The lowest BCUT2D eigenvalue weighted by Gasteiger charge is -2.37. The van der Waals surface area contributed by atoms with Crippen molar-refractivity contribution >= 4 is 5.57 Å². The van der Waals surface area contributed by atoms with Crippen LogP contribution in [-0.4, -0.2) is 5.60 Å². The molecule has 0 bridgehead atoms. The van der Waals surface area contributed by atoms with Crippen molar-refractivity contribution in [2.45, 2.75) is 38.2 Å². The van der Waals surface area contributed by atoms with Gasteiger partial charge < -0.3 is 4.74 Å². The predicted molar refractivity (Wildman–Crippen MR) is 95.5 cm³/mol. The molecule has 0 N–H and O–H groups in total. The average molecular weight is 302 g/mol. The first-order valence-corrected chi connectivity index (χ1v) is 8.52. The second kappa shape index (κ2) is 5.73. The fourth-order valence-electron chi connectivity index (χ4n) is 3.69. The molecule has 2 aliphatic rings. The minimum absolute atomic E-state index is 0.333. The second-order valence-corrected chi connectivity index (χ2v) is 6.60. The minimum Gasteiger partial charge on any atom is -0.478 e. The van der Waals surface area contributed by atoms with Crippen molar-refractivity contribution in [2.75, 3.05) is 0 Å². The first kappa shape index (κ1) is 14.3. The van der Waals surface area contributed by atoms with Gasteiger partial charge in [-0.2, -0.15) is 0 Å². The number of benzene rings is 2. The van der Waals surface area contributed by atoms with Crippen molar-refractivity contribution in [3.8, 4) is 5.75 Å². The fourth-order valence-corrected chi connectivity index (χ4v) is 3.69. The van der Waals surface area contributed by atoms with E-state index >= 15 is 0 Å². The molecule has 2 aromatic rings. The van der Waals surface area contributed by atoms with Crippen molar-refractivity contribution in [1.82, 2.24) is 0 Å². The van der Waals surface area contributed by atoms with Crippen LogP contribution in [0.4, 0.5) is 0 Å². The molecule has 1 heteroatoms. The highest BCUT2D eigenvalue weighted by atomic mass is 16.5. The van der Waals surface area contributed by atoms with E-state index in [9.17, 15) is 0 Å². The van der Waals surface area contributed by atoms with Crippen molar-refractivity contribution in [3.05, 3.63) is 83.4 Å². The van der Waals surface area contributed by atoms with Crippen LogP contribution in [0, 0.1) is 0 Å². The molecule has 1 aliphatic heterocycles. The van der Waals surface area contributed by atoms with Gasteiger partial charge in [0.1, 0.15) is 11.4 Å². The highest BCUT2D eigenvalue weighted by Crippen LogP contribution is 2.43. The Morgan fingerprint density at radius 1 is 0.913 bits per heavy atom. The Hall–Kier alpha value is -2.28. The van der Waals surface area contributed by atoms with Gasteiger partial charge in [-0.15, -0.1) is 0 Å². The standard InChI is InChI=1S/C22H22O/c1-22(18-12-6-3-7-13-18)16-20(17-10-4-2-5-11-17)19-14-8-9-15-21(19)23-22/h2,4-5,8-12,14-16H,3,6-7,13H2,1H3/t22-/m1/s1. The Balaban J connectivity index is 1.87. The number of para-hydroxylation sites is 1. The molecule has 0 spiro atoms. The number of ether oxygens (including phenoxy) is 1. The molecule has 0 amide bonds. The van der Waals surface area contributed by atoms with E-state index in [-0.39, 0.29) is 5.60 Å². The van der Waals surface area contributed by atoms with Crippen molar-refractivity contribution in [1.29, 1.82) is 0 Å². The summed E-state index contributed by atoms with van der Waals surface area (Å²) in [7, 11) is 0. The molecule has 1 atom stereocenters. The van der Waals surface area contributed by atoms with Crippen molar-refractivity contribution < 1.29 is 4.74 Å². The van der Waals surface area contributed by atoms with Crippen LogP contribution in [0.15, 0.2) is 72.3 Å². The summed E-state index contributed by atoms with van der Waals surface area (Å²) in [6.07, 6.45) is 9.58. The van der Waals surface area contributed by atoms with Crippen molar-refractivity contribution in [2.24, 2.45) is 0 Å². The van der Waals surface area contributed by atoms with Gasteiger partial charge in [-0.25, -0.2) is 0 Å². The van der Waals surface area contributed by atoms with Crippen LogP contribution in [-0.2, 0) is 0 Å². The Kier molecular flexibility index (Phi) is 3.57. The number of allylic oxidation sites excluding steroid dienone is 1. The normalized spacial score (nSPS) is 23.3. The minimum atomic E-state index is -0.333. The summed E-state index contributed by atoms with van der Waals surface area (Å²) >= 11 is 0. The van der Waals surface area contributed by atoms with Gasteiger partial charge in [0.15, 0.2) is 0 Å². The largest absolute Gasteiger partial charge is 0.478 e. The summed E-state index contributed by atoms with van der Waals surface area (Å²) < 4.78 is 6.47. The lowest BCUT2D eigenvalue weighted by molar-refractivity contribution is 0.168. The Bertz CT molecular complexity index is 770. The third-order valence-corrected chi connectivity index (χ3v) is 4.93. The second-order valence-electron chi connectivity index (χ2n) is 6.60. The molecule has 0 radical (unpaired) electrons. The summed E-state index contributed by atoms with van der Waals surface area (Å²) in [6.45, 7) is 2.21. The van der Waals surface area contributed by atoms with E-state index in [0.717, 1.165) is 12.2 Å². The van der Waals surface area contributed by atoms with E-state index < -0.39 is 0 Å². The molecule has 0 fully saturated rings. The lowest BCUT2D eigenvalue weighted by Crippen LogP contribution is -2.36. The van der Waals surface area contributed by atoms with Gasteiger partial charge in [0, 0.05) is 5.56 Å². The van der Waals surface area contributed by atoms with E-state index in [1.807, 2.05) is 0 Å². The summed E-state index contributed by atoms with van der Waals surface area (Å²) in [5.41, 5.74) is 4.81. The van der Waals surface area contributed by atoms with Gasteiger partial charge in [-0.3, -0.25) is 0 Å². The van der Waals surface area contributed by atoms with Gasteiger partial charge in [0.05, 0.1) is 0 Å². The summed E-state index contributed by atoms with van der Waals surface area (Å²) in [4.78, 5) is 0. The Morgan fingerprint density at radius 2 is 1.70 bits per heavy atom. The summed E-state index contributed by atoms with van der Waals surface area (Å²) in [5, 5.41) is 0. The molecule has 4 rings (SSSR count). The fraction of sp³-hybridized carbons (Fsp3) is 0.273. The molecule has 0 aromatic heterocycles. The van der Waals surface area contributed by atoms with Gasteiger partial charge in [0.2, 0.25) is 0 Å². The number of hydrogen-bond donors (Lipinski definition) is 0. The van der Waals surface area contributed by atoms with Gasteiger partial charge in [-0.1, -0.05) is 54.6 Å². The third-order valence-electron chi connectivity index (χ3n) is 4.93. The summed E-state index contributed by atoms with van der Waals surface area (Å²) in [5.74, 6) is 0.989. The van der Waals surface area contributed by atoms with Gasteiger partial charge >= 0.3 is 0 Å². The predicted octanol–water partition coefficient (Wildman–Crippen LogP) is 5.77. The quantitative estimate of drug-likeness (QED) is 0.640. The molecule has 23 heavy (non-hydrogen) atoms. The zero-order chi connectivity index (χ0) is 15.7. The van der Waals surface area contributed by atoms with E-state index in [2.05, 4.69) is 73.7 Å². The zero-order valence-electron chi connectivity index (χ0n) is 13.6. The number of rotatable bonds is 2. The molecular weight excluding hydrogens is 280 g/mol. The third kappa shape index (κ3) is 2.61. The van der Waals surface area contributed by atoms with Crippen LogP contribution in [0.25, 0.3) is 5.57 Å². The van der Waals surface area contributed by atoms with Crippen LogP contribution < -0.4 is 4.74 Å². The topological polar surface area (TPSA) is 9.23 Å². The maximum Gasteiger partial charge on any atom is 0.146 e. The molecule has 116 valence electrons. The Morgan fingerprint density at radius 3 is 2.48 bits per heavy atom. The number of hydrogen-bond acceptors (Lipinski definition) is 1. The zero-order valence-corrected chi connectivity index (χ0v) is 13.6. The highest BCUT2D eigenvalue weighted by Gasteiger charge is 2.34. The van der Waals surface area contributed by atoms with Crippen LogP contribution in [0.3, 0.4) is 0 Å². The van der Waals surface area contributed by atoms with Gasteiger partial charge in [0.25, 0.3) is 0 Å². The van der Waals surface area contributed by atoms with E-state index in [1.165, 1.54) is 41.5 Å². The lowest BCUT2D eigenvalue weighted by atomic mass is 9.81. The highest BCUT2D eigenvalue weighted by molar-refractivity contribution is 5.85. The Labute approximate surface area is 138 Å². The van der Waals surface area contributed by atoms with Crippen LogP contribution in [0.5, 0.6) is 5.75 Å². The molecule has 1 aliphatic carbocycles. The molecule has 1 heterocycles. The smallest absolute Gasteiger partial charge is 0.146 e. The SMILES string of the molecule is C[C@]1(C2=CCCCC2)C=C(c2ccccc2)c2ccccc2O1. The maximum absolute atomic E-state index is 6.47. The first-order valence-electron chi connectivity index (χ1n) is 8.52. The average Bonchev–Trinajstić information content (AvgIpc) is 2.62. The molecule has 1 nitrogen and oxygen atoms in total. The van der Waals surface area contributed by atoms with E-state index in [0.29, 0.717) is 0 Å². The van der Waals surface area contributed by atoms with E-state index in [4.69, 9.17) is 4.74 Å². The molecule has 0 saturated carbocycles. The van der Waals surface area contributed by atoms with E-state index in [1.54, 1.807) is 0 Å². The molecule has 0 unspecified atom stereocenters. The van der Waals surface area contributed by atoms with Crippen LogP contribution in [0.1, 0.15) is 43.7 Å². The number of fused-ring (bicyclic) bond motifs is 1.